The topological polar surface area (TPSA) is 48.0 Å². The Morgan fingerprint density at radius 1 is 1.33 bits per heavy atom. The largest absolute Gasteiger partial charge is 0.357 e. The highest BCUT2D eigenvalue weighted by Crippen LogP contribution is 2.54. The zero-order valence-electron chi connectivity index (χ0n) is 11.4. The standard InChI is InChI=1S/C15H22N2O/c1-3-17(4-2)14(18)15(10-13(15)11-16)12-8-6-5-7-9-12/h5-9,13H,3-4,10-11,16H2,1-2H3/p+1/t13-,15+/m0/s1. The molecule has 1 amide bonds. The van der Waals surface area contributed by atoms with Crippen LogP contribution in [0, 0.1) is 5.92 Å². The maximum atomic E-state index is 12.8. The summed E-state index contributed by atoms with van der Waals surface area (Å²) in [6.07, 6.45) is 0.954. The van der Waals surface area contributed by atoms with Gasteiger partial charge in [0.15, 0.2) is 0 Å². The van der Waals surface area contributed by atoms with Crippen LogP contribution in [0.1, 0.15) is 25.8 Å². The van der Waals surface area contributed by atoms with Gasteiger partial charge in [0.2, 0.25) is 5.91 Å². The molecule has 1 aliphatic carbocycles. The minimum Gasteiger partial charge on any atom is -0.357 e. The van der Waals surface area contributed by atoms with Crippen molar-refractivity contribution in [1.82, 2.24) is 4.90 Å². The lowest BCUT2D eigenvalue weighted by molar-refractivity contribution is -0.373. The molecule has 3 N–H and O–H groups in total. The van der Waals surface area contributed by atoms with Gasteiger partial charge in [-0.15, -0.1) is 0 Å². The van der Waals surface area contributed by atoms with Crippen molar-refractivity contribution < 1.29 is 10.5 Å². The number of carbonyl (C=O) groups excluding carboxylic acids is 1. The van der Waals surface area contributed by atoms with Crippen molar-refractivity contribution >= 4 is 5.91 Å². The second kappa shape index (κ2) is 5.11. The summed E-state index contributed by atoms with van der Waals surface area (Å²) in [5, 5.41) is 0. The lowest BCUT2D eigenvalue weighted by Gasteiger charge is -2.26. The molecule has 0 spiro atoms. The van der Waals surface area contributed by atoms with Crippen molar-refractivity contribution in [2.75, 3.05) is 19.6 Å². The van der Waals surface area contributed by atoms with Crippen LogP contribution in [0.15, 0.2) is 30.3 Å². The Labute approximate surface area is 109 Å². The third-order valence-corrected chi connectivity index (χ3v) is 4.17. The molecule has 0 aromatic heterocycles. The quantitative estimate of drug-likeness (QED) is 0.831. The lowest BCUT2D eigenvalue weighted by Crippen LogP contribution is -2.53. The lowest BCUT2D eigenvalue weighted by atomic mass is 9.91. The van der Waals surface area contributed by atoms with Gasteiger partial charge in [0.05, 0.1) is 12.0 Å². The van der Waals surface area contributed by atoms with Crippen molar-refractivity contribution in [3.63, 3.8) is 0 Å². The molecule has 1 saturated carbocycles. The van der Waals surface area contributed by atoms with Crippen molar-refractivity contribution in [3.8, 4) is 0 Å². The fourth-order valence-electron chi connectivity index (χ4n) is 2.95. The first kappa shape index (κ1) is 13.1. The first-order chi connectivity index (χ1) is 8.70. The molecule has 1 aliphatic rings. The summed E-state index contributed by atoms with van der Waals surface area (Å²) in [7, 11) is 0. The van der Waals surface area contributed by atoms with Crippen LogP contribution in [-0.4, -0.2) is 30.4 Å². The summed E-state index contributed by atoms with van der Waals surface area (Å²) in [6.45, 7) is 6.49. The fraction of sp³-hybridized carbons (Fsp3) is 0.533. The van der Waals surface area contributed by atoms with Gasteiger partial charge in [0.1, 0.15) is 0 Å². The summed E-state index contributed by atoms with van der Waals surface area (Å²) in [5.74, 6) is 0.695. The molecule has 3 heteroatoms. The monoisotopic (exact) mass is 247 g/mol. The molecule has 1 aromatic carbocycles. The Kier molecular flexibility index (Phi) is 3.71. The van der Waals surface area contributed by atoms with Gasteiger partial charge in [-0.2, -0.15) is 0 Å². The number of hydrogen-bond acceptors (Lipinski definition) is 1. The minimum absolute atomic E-state index is 0.283. The van der Waals surface area contributed by atoms with Crippen LogP contribution in [0.25, 0.3) is 0 Å². The zero-order valence-corrected chi connectivity index (χ0v) is 11.4. The van der Waals surface area contributed by atoms with Crippen LogP contribution < -0.4 is 5.73 Å². The van der Waals surface area contributed by atoms with Crippen molar-refractivity contribution in [1.29, 1.82) is 0 Å². The van der Waals surface area contributed by atoms with E-state index in [1.54, 1.807) is 0 Å². The van der Waals surface area contributed by atoms with E-state index in [4.69, 9.17) is 0 Å². The van der Waals surface area contributed by atoms with Gasteiger partial charge in [-0.1, -0.05) is 30.3 Å². The summed E-state index contributed by atoms with van der Waals surface area (Å²) >= 11 is 0. The molecule has 0 heterocycles. The Bertz CT molecular complexity index is 414. The van der Waals surface area contributed by atoms with E-state index in [-0.39, 0.29) is 11.3 Å². The molecule has 0 bridgehead atoms. The number of amides is 1. The summed E-state index contributed by atoms with van der Waals surface area (Å²) in [4.78, 5) is 14.7. The number of rotatable bonds is 5. The second-order valence-electron chi connectivity index (χ2n) is 5.00. The molecule has 0 aliphatic heterocycles. The molecule has 2 rings (SSSR count). The fourth-order valence-corrected chi connectivity index (χ4v) is 2.95. The van der Waals surface area contributed by atoms with Crippen LogP contribution in [0.2, 0.25) is 0 Å². The van der Waals surface area contributed by atoms with Crippen molar-refractivity contribution in [2.45, 2.75) is 25.7 Å². The van der Waals surface area contributed by atoms with E-state index >= 15 is 0 Å². The number of nitrogens with zero attached hydrogens (tertiary/aromatic N) is 1. The number of benzene rings is 1. The highest BCUT2D eigenvalue weighted by atomic mass is 16.2. The van der Waals surface area contributed by atoms with Crippen molar-refractivity contribution in [2.24, 2.45) is 5.92 Å². The highest BCUT2D eigenvalue weighted by Gasteiger charge is 2.62. The smallest absolute Gasteiger partial charge is 0.233 e. The maximum Gasteiger partial charge on any atom is 0.233 e. The molecular weight excluding hydrogens is 224 g/mol. The van der Waals surface area contributed by atoms with E-state index in [9.17, 15) is 4.79 Å². The summed E-state index contributed by atoms with van der Waals surface area (Å²) < 4.78 is 0. The van der Waals surface area contributed by atoms with Gasteiger partial charge in [-0.25, -0.2) is 0 Å². The van der Waals surface area contributed by atoms with E-state index < -0.39 is 0 Å². The average Bonchev–Trinajstić information content (AvgIpc) is 3.17. The van der Waals surface area contributed by atoms with E-state index in [0.29, 0.717) is 5.92 Å². The van der Waals surface area contributed by atoms with E-state index in [2.05, 4.69) is 17.9 Å². The zero-order chi connectivity index (χ0) is 13.2. The molecule has 1 fully saturated rings. The van der Waals surface area contributed by atoms with Gasteiger partial charge in [-0.05, 0) is 25.8 Å². The Morgan fingerprint density at radius 2 is 1.94 bits per heavy atom. The van der Waals surface area contributed by atoms with E-state index in [1.165, 1.54) is 0 Å². The predicted molar refractivity (Wildman–Crippen MR) is 71.9 cm³/mol. The summed E-state index contributed by atoms with van der Waals surface area (Å²) in [6, 6.07) is 10.2. The first-order valence-corrected chi connectivity index (χ1v) is 6.84. The minimum atomic E-state index is -0.283. The third-order valence-electron chi connectivity index (χ3n) is 4.17. The Balaban J connectivity index is 2.32. The average molecular weight is 247 g/mol. The van der Waals surface area contributed by atoms with E-state index in [1.807, 2.05) is 36.9 Å². The number of hydrogen-bond donors (Lipinski definition) is 1. The van der Waals surface area contributed by atoms with Crippen LogP contribution >= 0.6 is 0 Å². The second-order valence-corrected chi connectivity index (χ2v) is 5.00. The molecule has 2 atom stereocenters. The van der Waals surface area contributed by atoms with Gasteiger partial charge in [0, 0.05) is 19.0 Å². The van der Waals surface area contributed by atoms with Gasteiger partial charge >= 0.3 is 0 Å². The van der Waals surface area contributed by atoms with E-state index in [0.717, 1.165) is 31.6 Å². The molecular formula is C15H23N2O+. The third kappa shape index (κ3) is 1.93. The Morgan fingerprint density at radius 3 is 2.39 bits per heavy atom. The molecule has 18 heavy (non-hydrogen) atoms. The first-order valence-electron chi connectivity index (χ1n) is 6.84. The molecule has 0 saturated heterocycles. The van der Waals surface area contributed by atoms with Crippen LogP contribution in [0.4, 0.5) is 0 Å². The molecule has 0 unspecified atom stereocenters. The molecule has 0 radical (unpaired) electrons. The van der Waals surface area contributed by atoms with Gasteiger partial charge in [-0.3, -0.25) is 4.79 Å². The molecule has 3 nitrogen and oxygen atoms in total. The van der Waals surface area contributed by atoms with Crippen molar-refractivity contribution in [3.05, 3.63) is 35.9 Å². The number of likely N-dealkylation sites (N-methyl/N-ethyl adjacent to an activating group) is 1. The normalized spacial score (nSPS) is 25.8. The molecule has 98 valence electrons. The SMILES string of the molecule is CCN(CC)C(=O)[C@@]1(c2ccccc2)C[C@H]1C[NH3+]. The Hall–Kier alpha value is -1.35. The highest BCUT2D eigenvalue weighted by molar-refractivity contribution is 5.92. The van der Waals surface area contributed by atoms with Crippen LogP contribution in [-0.2, 0) is 10.2 Å². The predicted octanol–water partition coefficient (Wildman–Crippen LogP) is 1.05. The van der Waals surface area contributed by atoms with Gasteiger partial charge < -0.3 is 10.6 Å². The number of carbonyl (C=O) groups is 1. The molecule has 1 aromatic rings. The van der Waals surface area contributed by atoms with Crippen LogP contribution in [0.5, 0.6) is 0 Å². The summed E-state index contributed by atoms with van der Waals surface area (Å²) in [5.41, 5.74) is 4.87. The van der Waals surface area contributed by atoms with Gasteiger partial charge in [0.25, 0.3) is 0 Å². The maximum absolute atomic E-state index is 12.8. The number of quaternary nitrogens is 1. The van der Waals surface area contributed by atoms with Crippen LogP contribution in [0.3, 0.4) is 0 Å².